The minimum atomic E-state index is -0.936. The summed E-state index contributed by atoms with van der Waals surface area (Å²) in [6.07, 6.45) is 10.3. The molecule has 0 bridgehead atoms. The maximum absolute atomic E-state index is 12.8. The average Bonchev–Trinajstić information content (AvgIpc) is 2.90. The number of piperazine rings is 1. The molecule has 1 aromatic heterocycles. The number of hydrogen-bond acceptors (Lipinski definition) is 7. The summed E-state index contributed by atoms with van der Waals surface area (Å²) in [6, 6.07) is 1.33. The van der Waals surface area contributed by atoms with Crippen molar-refractivity contribution >= 4 is 23.5 Å². The SMILES string of the molecule is CC(C)(N)C(=O)N1CCN(C(=O)Nc2ccn(C3=CCC(CN4CCC(CCN)CC4)CC3)c(=O)n2)CC1. The second kappa shape index (κ2) is 12.4. The van der Waals surface area contributed by atoms with Crippen LogP contribution in [0.2, 0.25) is 0 Å². The third-order valence-electron chi connectivity index (χ3n) is 8.05. The number of piperidine rings is 1. The zero-order chi connectivity index (χ0) is 27.3. The molecule has 0 spiro atoms. The normalized spacial score (nSPS) is 21.8. The first-order chi connectivity index (χ1) is 18.1. The van der Waals surface area contributed by atoms with Crippen LogP contribution in [0.5, 0.6) is 0 Å². The topological polar surface area (TPSA) is 143 Å². The van der Waals surface area contributed by atoms with Crippen molar-refractivity contribution in [2.75, 3.05) is 57.7 Å². The van der Waals surface area contributed by atoms with Gasteiger partial charge in [0.25, 0.3) is 0 Å². The molecule has 1 unspecified atom stereocenters. The molecule has 38 heavy (non-hydrogen) atoms. The predicted molar refractivity (Wildman–Crippen MR) is 148 cm³/mol. The molecule has 1 atom stereocenters. The number of rotatable bonds is 7. The summed E-state index contributed by atoms with van der Waals surface area (Å²) in [7, 11) is 0. The van der Waals surface area contributed by atoms with Gasteiger partial charge >= 0.3 is 11.7 Å². The summed E-state index contributed by atoms with van der Waals surface area (Å²) in [4.78, 5) is 47.8. The predicted octanol–water partition coefficient (Wildman–Crippen LogP) is 1.36. The molecule has 3 amide bonds. The Morgan fingerprint density at radius 2 is 1.74 bits per heavy atom. The Bertz CT molecular complexity index is 1060. The largest absolute Gasteiger partial charge is 0.353 e. The van der Waals surface area contributed by atoms with E-state index in [1.165, 1.54) is 12.8 Å². The van der Waals surface area contributed by atoms with Crippen LogP contribution >= 0.6 is 0 Å². The monoisotopic (exact) mass is 528 g/mol. The summed E-state index contributed by atoms with van der Waals surface area (Å²) < 4.78 is 1.59. The number of urea groups is 1. The lowest BCUT2D eigenvalue weighted by atomic mass is 9.89. The number of allylic oxidation sites excluding steroid dienone is 2. The van der Waals surface area contributed by atoms with Crippen molar-refractivity contribution < 1.29 is 9.59 Å². The van der Waals surface area contributed by atoms with Crippen molar-refractivity contribution in [1.29, 1.82) is 0 Å². The first-order valence-corrected chi connectivity index (χ1v) is 14.0. The van der Waals surface area contributed by atoms with Gasteiger partial charge in [-0.3, -0.25) is 14.7 Å². The highest BCUT2D eigenvalue weighted by Crippen LogP contribution is 2.28. The summed E-state index contributed by atoms with van der Waals surface area (Å²) in [5, 5.41) is 2.72. The molecule has 2 fully saturated rings. The van der Waals surface area contributed by atoms with Crippen LogP contribution in [0.1, 0.15) is 52.4 Å². The van der Waals surface area contributed by atoms with Crippen LogP contribution in [0.3, 0.4) is 0 Å². The number of carbonyl (C=O) groups is 2. The van der Waals surface area contributed by atoms with E-state index in [2.05, 4.69) is 21.3 Å². The number of aromatic nitrogens is 2. The van der Waals surface area contributed by atoms with Gasteiger partial charge in [0.15, 0.2) is 0 Å². The highest BCUT2D eigenvalue weighted by Gasteiger charge is 2.31. The third kappa shape index (κ3) is 7.21. The lowest BCUT2D eigenvalue weighted by Gasteiger charge is -2.37. The first-order valence-electron chi connectivity index (χ1n) is 14.0. The number of carbonyl (C=O) groups excluding carboxylic acids is 2. The lowest BCUT2D eigenvalue weighted by Crippen LogP contribution is -2.58. The molecule has 11 heteroatoms. The van der Waals surface area contributed by atoms with E-state index in [9.17, 15) is 14.4 Å². The number of nitrogens with zero attached hydrogens (tertiary/aromatic N) is 5. The van der Waals surface area contributed by atoms with Gasteiger partial charge in [-0.25, -0.2) is 9.59 Å². The van der Waals surface area contributed by atoms with Crippen LogP contribution in [0.25, 0.3) is 5.70 Å². The maximum Gasteiger partial charge on any atom is 0.353 e. The van der Waals surface area contributed by atoms with Gasteiger partial charge in [-0.05, 0) is 89.9 Å². The number of likely N-dealkylation sites (tertiary alicyclic amines) is 1. The zero-order valence-corrected chi connectivity index (χ0v) is 22.9. The van der Waals surface area contributed by atoms with Crippen molar-refractivity contribution in [3.8, 4) is 0 Å². The van der Waals surface area contributed by atoms with E-state index >= 15 is 0 Å². The number of nitrogens with one attached hydrogen (secondary N) is 1. The molecule has 1 aromatic rings. The average molecular weight is 529 g/mol. The van der Waals surface area contributed by atoms with E-state index in [4.69, 9.17) is 11.5 Å². The molecule has 1 aliphatic carbocycles. The molecule has 11 nitrogen and oxygen atoms in total. The van der Waals surface area contributed by atoms with E-state index in [0.717, 1.165) is 63.5 Å². The molecule has 0 aromatic carbocycles. The number of nitrogens with two attached hydrogens (primary N) is 2. The van der Waals surface area contributed by atoms with Gasteiger partial charge in [0.05, 0.1) is 5.54 Å². The molecule has 210 valence electrons. The van der Waals surface area contributed by atoms with Gasteiger partial charge in [0, 0.05) is 44.6 Å². The van der Waals surface area contributed by atoms with Crippen molar-refractivity contribution in [3.05, 3.63) is 28.8 Å². The van der Waals surface area contributed by atoms with Gasteiger partial charge in [0.2, 0.25) is 5.91 Å². The van der Waals surface area contributed by atoms with E-state index in [1.54, 1.807) is 40.5 Å². The maximum atomic E-state index is 12.8. The highest BCUT2D eigenvalue weighted by molar-refractivity contribution is 5.89. The molecule has 3 aliphatic rings. The molecule has 2 saturated heterocycles. The minimum absolute atomic E-state index is 0.130. The van der Waals surface area contributed by atoms with Crippen molar-refractivity contribution in [2.45, 2.75) is 57.9 Å². The van der Waals surface area contributed by atoms with Crippen LogP contribution in [0.15, 0.2) is 23.1 Å². The Morgan fingerprint density at radius 3 is 2.32 bits per heavy atom. The fourth-order valence-corrected chi connectivity index (χ4v) is 5.72. The summed E-state index contributed by atoms with van der Waals surface area (Å²) in [5.74, 6) is 1.49. The zero-order valence-electron chi connectivity index (χ0n) is 22.9. The smallest absolute Gasteiger partial charge is 0.338 e. The van der Waals surface area contributed by atoms with Gasteiger partial charge < -0.3 is 26.2 Å². The second-order valence-electron chi connectivity index (χ2n) is 11.6. The molecular weight excluding hydrogens is 484 g/mol. The molecule has 4 rings (SSSR count). The van der Waals surface area contributed by atoms with E-state index in [-0.39, 0.29) is 17.8 Å². The lowest BCUT2D eigenvalue weighted by molar-refractivity contribution is -0.137. The van der Waals surface area contributed by atoms with Crippen LogP contribution in [-0.2, 0) is 4.79 Å². The number of anilines is 1. The first kappa shape index (κ1) is 28.3. The fraction of sp³-hybridized carbons (Fsp3) is 0.704. The number of amides is 3. The second-order valence-corrected chi connectivity index (χ2v) is 11.6. The molecule has 3 heterocycles. The van der Waals surface area contributed by atoms with Crippen LogP contribution < -0.4 is 22.5 Å². The molecule has 0 radical (unpaired) electrons. The van der Waals surface area contributed by atoms with E-state index in [0.29, 0.717) is 32.1 Å². The Labute approximate surface area is 225 Å². The summed E-state index contributed by atoms with van der Waals surface area (Å²) >= 11 is 0. The van der Waals surface area contributed by atoms with Crippen molar-refractivity contribution in [3.63, 3.8) is 0 Å². The third-order valence-corrected chi connectivity index (χ3v) is 8.05. The van der Waals surface area contributed by atoms with E-state index < -0.39 is 11.2 Å². The van der Waals surface area contributed by atoms with Crippen LogP contribution in [0, 0.1) is 11.8 Å². The number of hydrogen-bond donors (Lipinski definition) is 3. The van der Waals surface area contributed by atoms with Crippen LogP contribution in [0.4, 0.5) is 10.6 Å². The Balaban J connectivity index is 1.25. The van der Waals surface area contributed by atoms with Crippen LogP contribution in [-0.4, -0.2) is 94.1 Å². The quantitative estimate of drug-likeness (QED) is 0.485. The van der Waals surface area contributed by atoms with Crippen molar-refractivity contribution in [1.82, 2.24) is 24.3 Å². The standard InChI is InChI=1S/C27H44N8O3/c1-27(2,29)24(36)33-15-17-34(18-16-33)25(37)30-23-10-14-35(26(38)31-23)22-5-3-21(4-6-22)19-32-12-8-20(7-11-28)9-13-32/h5,10,14,20-21H,3-4,6-9,11-13,15-19,28-29H2,1-2H3,(H,30,31,37,38). The molecule has 2 aliphatic heterocycles. The Morgan fingerprint density at radius 1 is 1.05 bits per heavy atom. The molecular formula is C27H44N8O3. The molecule has 0 saturated carbocycles. The van der Waals surface area contributed by atoms with Crippen molar-refractivity contribution in [2.24, 2.45) is 23.3 Å². The van der Waals surface area contributed by atoms with Gasteiger partial charge in [0.1, 0.15) is 5.82 Å². The fourth-order valence-electron chi connectivity index (χ4n) is 5.72. The van der Waals surface area contributed by atoms with Gasteiger partial charge in [-0.1, -0.05) is 6.08 Å². The summed E-state index contributed by atoms with van der Waals surface area (Å²) in [6.45, 7) is 9.21. The van der Waals surface area contributed by atoms with Gasteiger partial charge in [-0.15, -0.1) is 0 Å². The Hall–Kier alpha value is -2.76. The van der Waals surface area contributed by atoms with Gasteiger partial charge in [-0.2, -0.15) is 4.98 Å². The molecule has 5 N–H and O–H groups in total. The minimum Gasteiger partial charge on any atom is -0.338 e. The Kier molecular flexibility index (Phi) is 9.22. The van der Waals surface area contributed by atoms with E-state index in [1.807, 2.05) is 0 Å². The highest BCUT2D eigenvalue weighted by atomic mass is 16.2. The summed E-state index contributed by atoms with van der Waals surface area (Å²) in [5.41, 5.74) is 11.3.